The minimum absolute atomic E-state index is 0.180. The summed E-state index contributed by atoms with van der Waals surface area (Å²) in [6.45, 7) is 3.83. The molecule has 2 rings (SSSR count). The van der Waals surface area contributed by atoms with E-state index in [0.29, 0.717) is 11.1 Å². The molecule has 3 nitrogen and oxygen atoms in total. The first-order valence-corrected chi connectivity index (χ1v) is 5.16. The normalized spacial score (nSPS) is 17.6. The van der Waals surface area contributed by atoms with Gasteiger partial charge in [0.05, 0.1) is 23.8 Å². The Balaban J connectivity index is 2.02. The SMILES string of the molecule is CC1(OCc2ccc(C#N)cc2F)CNC1. The summed E-state index contributed by atoms with van der Waals surface area (Å²) in [7, 11) is 0. The number of benzene rings is 1. The molecular weight excluding hydrogens is 207 g/mol. The molecule has 1 aromatic carbocycles. The van der Waals surface area contributed by atoms with Gasteiger partial charge in [-0.25, -0.2) is 4.39 Å². The summed E-state index contributed by atoms with van der Waals surface area (Å²) in [5.41, 5.74) is 0.644. The van der Waals surface area contributed by atoms with Crippen LogP contribution >= 0.6 is 0 Å². The van der Waals surface area contributed by atoms with Gasteiger partial charge in [-0.3, -0.25) is 0 Å². The van der Waals surface area contributed by atoms with Crippen LogP contribution in [0, 0.1) is 17.1 Å². The lowest BCUT2D eigenvalue weighted by Crippen LogP contribution is -2.58. The zero-order chi connectivity index (χ0) is 11.6. The Kier molecular flexibility index (Phi) is 2.90. The highest BCUT2D eigenvalue weighted by atomic mass is 19.1. The van der Waals surface area contributed by atoms with Crippen molar-refractivity contribution in [2.45, 2.75) is 19.1 Å². The number of nitriles is 1. The van der Waals surface area contributed by atoms with Crippen molar-refractivity contribution < 1.29 is 9.13 Å². The van der Waals surface area contributed by atoms with Crippen molar-refractivity contribution in [1.29, 1.82) is 5.26 Å². The molecule has 84 valence electrons. The second kappa shape index (κ2) is 4.20. The second-order valence-corrected chi connectivity index (χ2v) is 4.26. The van der Waals surface area contributed by atoms with Gasteiger partial charge >= 0.3 is 0 Å². The fourth-order valence-corrected chi connectivity index (χ4v) is 1.57. The van der Waals surface area contributed by atoms with Crippen molar-refractivity contribution in [3.8, 4) is 6.07 Å². The van der Waals surface area contributed by atoms with E-state index < -0.39 is 0 Å². The smallest absolute Gasteiger partial charge is 0.130 e. The van der Waals surface area contributed by atoms with Crippen molar-refractivity contribution in [1.82, 2.24) is 5.32 Å². The van der Waals surface area contributed by atoms with E-state index in [9.17, 15) is 4.39 Å². The lowest BCUT2D eigenvalue weighted by atomic mass is 10.00. The Labute approximate surface area is 93.8 Å². The predicted octanol–water partition coefficient (Wildman–Crippen LogP) is 1.58. The van der Waals surface area contributed by atoms with Crippen LogP contribution in [0.3, 0.4) is 0 Å². The number of nitrogens with one attached hydrogen (secondary N) is 1. The largest absolute Gasteiger partial charge is 0.368 e. The minimum Gasteiger partial charge on any atom is -0.368 e. The maximum absolute atomic E-state index is 13.5. The zero-order valence-corrected chi connectivity index (χ0v) is 9.09. The molecular formula is C12H13FN2O. The number of hydrogen-bond acceptors (Lipinski definition) is 3. The molecule has 0 radical (unpaired) electrons. The fraction of sp³-hybridized carbons (Fsp3) is 0.417. The summed E-state index contributed by atoms with van der Waals surface area (Å²) in [6, 6.07) is 6.34. The molecule has 1 fully saturated rings. The van der Waals surface area contributed by atoms with Gasteiger partial charge in [0.15, 0.2) is 0 Å². The van der Waals surface area contributed by atoms with Gasteiger partial charge in [0.1, 0.15) is 5.82 Å². The molecule has 16 heavy (non-hydrogen) atoms. The quantitative estimate of drug-likeness (QED) is 0.841. The van der Waals surface area contributed by atoms with Gasteiger partial charge in [0, 0.05) is 18.7 Å². The number of nitrogens with zero attached hydrogens (tertiary/aromatic N) is 1. The van der Waals surface area contributed by atoms with Crippen LogP contribution in [0.15, 0.2) is 18.2 Å². The third-order valence-electron chi connectivity index (χ3n) is 2.76. The van der Waals surface area contributed by atoms with Crippen molar-refractivity contribution in [3.05, 3.63) is 35.1 Å². The summed E-state index contributed by atoms with van der Waals surface area (Å²) in [4.78, 5) is 0. The molecule has 4 heteroatoms. The number of halogens is 1. The van der Waals surface area contributed by atoms with Crippen LogP contribution in [-0.2, 0) is 11.3 Å². The van der Waals surface area contributed by atoms with Crippen LogP contribution in [0.5, 0.6) is 0 Å². The maximum Gasteiger partial charge on any atom is 0.130 e. The molecule has 0 spiro atoms. The van der Waals surface area contributed by atoms with Gasteiger partial charge in [-0.15, -0.1) is 0 Å². The van der Waals surface area contributed by atoms with E-state index in [4.69, 9.17) is 10.00 Å². The summed E-state index contributed by atoms with van der Waals surface area (Å²) in [5, 5.41) is 11.7. The van der Waals surface area contributed by atoms with E-state index in [1.54, 1.807) is 12.1 Å². The predicted molar refractivity (Wildman–Crippen MR) is 57.2 cm³/mol. The zero-order valence-electron chi connectivity index (χ0n) is 9.09. The second-order valence-electron chi connectivity index (χ2n) is 4.26. The van der Waals surface area contributed by atoms with Gasteiger partial charge in [-0.05, 0) is 19.1 Å². The maximum atomic E-state index is 13.5. The van der Waals surface area contributed by atoms with Crippen LogP contribution in [0.25, 0.3) is 0 Å². The van der Waals surface area contributed by atoms with Crippen LogP contribution in [-0.4, -0.2) is 18.7 Å². The third-order valence-corrected chi connectivity index (χ3v) is 2.76. The van der Waals surface area contributed by atoms with E-state index in [-0.39, 0.29) is 18.0 Å². The standard InChI is InChI=1S/C12H13FN2O/c1-12(7-15-8-12)16-6-10-3-2-9(5-14)4-11(10)13/h2-4,15H,6-8H2,1H3. The van der Waals surface area contributed by atoms with Crippen LogP contribution in [0.2, 0.25) is 0 Å². The first-order valence-electron chi connectivity index (χ1n) is 5.16. The Bertz CT molecular complexity index is 435. The molecule has 0 aromatic heterocycles. The highest BCUT2D eigenvalue weighted by molar-refractivity contribution is 5.32. The Morgan fingerprint density at radius 2 is 2.31 bits per heavy atom. The van der Waals surface area contributed by atoms with Gasteiger partial charge in [-0.1, -0.05) is 6.07 Å². The molecule has 0 bridgehead atoms. The summed E-state index contributed by atoms with van der Waals surface area (Å²) in [5.74, 6) is -0.380. The fourth-order valence-electron chi connectivity index (χ4n) is 1.57. The topological polar surface area (TPSA) is 45.0 Å². The molecule has 0 saturated carbocycles. The lowest BCUT2D eigenvalue weighted by Gasteiger charge is -2.39. The summed E-state index contributed by atoms with van der Waals surface area (Å²) < 4.78 is 19.1. The van der Waals surface area contributed by atoms with E-state index >= 15 is 0 Å². The third kappa shape index (κ3) is 2.21. The lowest BCUT2D eigenvalue weighted by molar-refractivity contribution is -0.0775. The number of hydrogen-bond donors (Lipinski definition) is 1. The van der Waals surface area contributed by atoms with E-state index in [1.165, 1.54) is 6.07 Å². The van der Waals surface area contributed by atoms with Gasteiger partial charge in [0.25, 0.3) is 0 Å². The van der Waals surface area contributed by atoms with Gasteiger partial charge in [0.2, 0.25) is 0 Å². The molecule has 1 aliphatic rings. The monoisotopic (exact) mass is 220 g/mol. The summed E-state index contributed by atoms with van der Waals surface area (Å²) >= 11 is 0. The van der Waals surface area contributed by atoms with Crippen molar-refractivity contribution in [3.63, 3.8) is 0 Å². The average Bonchev–Trinajstić information content (AvgIpc) is 2.25. The van der Waals surface area contributed by atoms with Gasteiger partial charge < -0.3 is 10.1 Å². The molecule has 0 atom stereocenters. The first kappa shape index (κ1) is 11.1. The molecule has 0 unspecified atom stereocenters. The molecule has 1 saturated heterocycles. The molecule has 0 aliphatic carbocycles. The molecule has 0 amide bonds. The number of rotatable bonds is 3. The van der Waals surface area contributed by atoms with Crippen molar-refractivity contribution in [2.75, 3.05) is 13.1 Å². The van der Waals surface area contributed by atoms with E-state index in [1.807, 2.05) is 13.0 Å². The van der Waals surface area contributed by atoms with Crippen LogP contribution in [0.1, 0.15) is 18.1 Å². The summed E-state index contributed by atoms with van der Waals surface area (Å²) in [6.07, 6.45) is 0. The van der Waals surface area contributed by atoms with E-state index in [2.05, 4.69) is 5.32 Å². The molecule has 1 heterocycles. The number of ether oxygens (including phenoxy) is 1. The Hall–Kier alpha value is -1.44. The molecule has 1 N–H and O–H groups in total. The highest BCUT2D eigenvalue weighted by Crippen LogP contribution is 2.19. The molecule has 1 aliphatic heterocycles. The van der Waals surface area contributed by atoms with Crippen molar-refractivity contribution in [2.24, 2.45) is 0 Å². The van der Waals surface area contributed by atoms with Crippen molar-refractivity contribution >= 4 is 0 Å². The molecule has 1 aromatic rings. The van der Waals surface area contributed by atoms with E-state index in [0.717, 1.165) is 13.1 Å². The Morgan fingerprint density at radius 3 is 2.81 bits per heavy atom. The van der Waals surface area contributed by atoms with Gasteiger partial charge in [-0.2, -0.15) is 5.26 Å². The van der Waals surface area contributed by atoms with Crippen LogP contribution in [0.4, 0.5) is 4.39 Å². The highest BCUT2D eigenvalue weighted by Gasteiger charge is 2.32. The Morgan fingerprint density at radius 1 is 1.56 bits per heavy atom. The minimum atomic E-state index is -0.380. The average molecular weight is 220 g/mol. The van der Waals surface area contributed by atoms with Crippen LogP contribution < -0.4 is 5.32 Å². The first-order chi connectivity index (χ1) is 7.63.